The number of fused-ring (bicyclic) bond motifs is 1. The topological polar surface area (TPSA) is 96.1 Å². The number of aryl methyl sites for hydroxylation is 1. The molecule has 7 rings (SSSR count). The summed E-state index contributed by atoms with van der Waals surface area (Å²) in [5.41, 5.74) is 6.59. The van der Waals surface area contributed by atoms with Crippen LogP contribution in [0.5, 0.6) is 0 Å². The van der Waals surface area contributed by atoms with Crippen molar-refractivity contribution >= 4 is 28.4 Å². The van der Waals surface area contributed by atoms with E-state index in [1.165, 1.54) is 0 Å². The molecule has 6 heterocycles. The van der Waals surface area contributed by atoms with Crippen molar-refractivity contribution in [2.24, 2.45) is 7.05 Å². The summed E-state index contributed by atoms with van der Waals surface area (Å²) in [7, 11) is 6.31. The van der Waals surface area contributed by atoms with Crippen LogP contribution in [0, 0.1) is 0 Å². The number of hydrogen-bond acceptors (Lipinski definition) is 8. The van der Waals surface area contributed by atoms with Gasteiger partial charge in [0.2, 0.25) is 5.95 Å². The van der Waals surface area contributed by atoms with Gasteiger partial charge in [-0.25, -0.2) is 4.98 Å². The molecule has 0 radical (unpaired) electrons. The van der Waals surface area contributed by atoms with Gasteiger partial charge in [-0.2, -0.15) is 4.98 Å². The van der Waals surface area contributed by atoms with Gasteiger partial charge < -0.3 is 20.1 Å². The molecule has 45 heavy (non-hydrogen) atoms. The summed E-state index contributed by atoms with van der Waals surface area (Å²) < 4.78 is 3.94. The molecular weight excluding hydrogens is 562 g/mol. The molecule has 4 aromatic heterocycles. The summed E-state index contributed by atoms with van der Waals surface area (Å²) in [6.45, 7) is 3.55. The van der Waals surface area contributed by atoms with Gasteiger partial charge in [-0.3, -0.25) is 19.2 Å². The fourth-order valence-corrected chi connectivity index (χ4v) is 6.94. The third-order valence-corrected chi connectivity index (χ3v) is 9.33. The number of rotatable bonds is 8. The average Bonchev–Trinajstić information content (AvgIpc) is 3.64. The SMILES string of the molecule is CN1CCC(Nc2ccc(Nc3ncc4cc(C5CCCCN5C)c(=O)n(Cc5ccn(C)c5-c5ccncc5)c4n3)cc2)C1. The lowest BCUT2D eigenvalue weighted by Crippen LogP contribution is -2.36. The average molecular weight is 604 g/mol. The Morgan fingerprint density at radius 2 is 1.73 bits per heavy atom. The fraction of sp³-hybridized carbons (Fsp3) is 0.371. The molecule has 0 saturated carbocycles. The van der Waals surface area contributed by atoms with Crippen LogP contribution >= 0.6 is 0 Å². The molecule has 2 aliphatic rings. The number of aromatic nitrogens is 5. The molecule has 10 heteroatoms. The predicted octanol–water partition coefficient (Wildman–Crippen LogP) is 5.26. The highest BCUT2D eigenvalue weighted by molar-refractivity contribution is 5.77. The van der Waals surface area contributed by atoms with E-state index in [1.54, 1.807) is 12.4 Å². The van der Waals surface area contributed by atoms with E-state index in [0.29, 0.717) is 24.2 Å². The number of likely N-dealkylation sites (N-methyl/N-ethyl adjacent to an activating group) is 1. The zero-order valence-corrected chi connectivity index (χ0v) is 26.3. The Morgan fingerprint density at radius 3 is 2.49 bits per heavy atom. The Bertz CT molecular complexity index is 1850. The Kier molecular flexibility index (Phi) is 8.08. The second kappa shape index (κ2) is 12.5. The van der Waals surface area contributed by atoms with Gasteiger partial charge in [0.1, 0.15) is 5.65 Å². The summed E-state index contributed by atoms with van der Waals surface area (Å²) in [5, 5.41) is 7.86. The van der Waals surface area contributed by atoms with E-state index in [0.717, 1.165) is 84.5 Å². The molecule has 2 saturated heterocycles. The van der Waals surface area contributed by atoms with Crippen LogP contribution in [0.4, 0.5) is 17.3 Å². The van der Waals surface area contributed by atoms with E-state index in [1.807, 2.05) is 54.3 Å². The lowest BCUT2D eigenvalue weighted by atomic mass is 9.96. The van der Waals surface area contributed by atoms with Crippen molar-refractivity contribution in [3.8, 4) is 11.3 Å². The van der Waals surface area contributed by atoms with E-state index in [-0.39, 0.29) is 11.6 Å². The van der Waals surface area contributed by atoms with Crippen LogP contribution in [0.25, 0.3) is 22.3 Å². The van der Waals surface area contributed by atoms with Crippen molar-refractivity contribution in [2.75, 3.05) is 44.4 Å². The van der Waals surface area contributed by atoms with Gasteiger partial charge in [0.05, 0.1) is 12.2 Å². The largest absolute Gasteiger partial charge is 0.381 e. The maximum Gasteiger partial charge on any atom is 0.257 e. The fourth-order valence-electron chi connectivity index (χ4n) is 6.94. The number of likely N-dealkylation sites (tertiary alicyclic amines) is 2. The second-order valence-electron chi connectivity index (χ2n) is 12.6. The molecule has 0 bridgehead atoms. The maximum atomic E-state index is 14.4. The highest BCUT2D eigenvalue weighted by atomic mass is 16.1. The van der Waals surface area contributed by atoms with Crippen molar-refractivity contribution in [1.82, 2.24) is 33.9 Å². The molecule has 5 aromatic rings. The van der Waals surface area contributed by atoms with Gasteiger partial charge in [0, 0.05) is 78.4 Å². The molecule has 2 fully saturated rings. The molecule has 10 nitrogen and oxygen atoms in total. The number of anilines is 3. The lowest BCUT2D eigenvalue weighted by molar-refractivity contribution is 0.186. The van der Waals surface area contributed by atoms with Crippen molar-refractivity contribution in [1.29, 1.82) is 0 Å². The first-order valence-corrected chi connectivity index (χ1v) is 15.9. The highest BCUT2D eigenvalue weighted by Crippen LogP contribution is 2.31. The minimum absolute atomic E-state index is 0.00316. The third-order valence-electron chi connectivity index (χ3n) is 9.33. The van der Waals surface area contributed by atoms with E-state index in [2.05, 4.69) is 67.3 Å². The lowest BCUT2D eigenvalue weighted by Gasteiger charge is -2.32. The molecular formula is C35H41N9O. The standard InChI is InChI=1S/C35H41N9O/c1-41-18-14-29(23-41)38-27-7-9-28(10-8-27)39-35-37-21-26-20-30(31-6-4-5-17-42(31)2)34(45)44(33(26)40-35)22-25-13-19-43(3)32(25)24-11-15-36-16-12-24/h7-13,15-16,19-21,29,31,38H,4-6,14,17-18,22-23H2,1-3H3,(H,37,39,40). The normalized spacial score (nSPS) is 19.3. The summed E-state index contributed by atoms with van der Waals surface area (Å²) in [6.07, 6.45) is 11.9. The van der Waals surface area contributed by atoms with Crippen LogP contribution in [0.1, 0.15) is 42.9 Å². The van der Waals surface area contributed by atoms with E-state index < -0.39 is 0 Å². The van der Waals surface area contributed by atoms with Crippen LogP contribution < -0.4 is 16.2 Å². The smallest absolute Gasteiger partial charge is 0.257 e. The maximum absolute atomic E-state index is 14.4. The minimum Gasteiger partial charge on any atom is -0.381 e. The van der Waals surface area contributed by atoms with Gasteiger partial charge in [0.25, 0.3) is 5.56 Å². The number of benzene rings is 1. The first kappa shape index (κ1) is 29.2. The van der Waals surface area contributed by atoms with Crippen LogP contribution in [0.2, 0.25) is 0 Å². The van der Waals surface area contributed by atoms with Gasteiger partial charge in [0.15, 0.2) is 0 Å². The van der Waals surface area contributed by atoms with Crippen LogP contribution in [0.3, 0.4) is 0 Å². The van der Waals surface area contributed by atoms with Crippen molar-refractivity contribution in [2.45, 2.75) is 44.3 Å². The number of nitrogens with zero attached hydrogens (tertiary/aromatic N) is 7. The molecule has 2 unspecified atom stereocenters. The van der Waals surface area contributed by atoms with E-state index >= 15 is 0 Å². The van der Waals surface area contributed by atoms with Gasteiger partial charge >= 0.3 is 0 Å². The number of piperidine rings is 1. The predicted molar refractivity (Wildman–Crippen MR) is 180 cm³/mol. The summed E-state index contributed by atoms with van der Waals surface area (Å²) in [5.74, 6) is 0.457. The monoisotopic (exact) mass is 603 g/mol. The summed E-state index contributed by atoms with van der Waals surface area (Å²) in [6, 6.07) is 16.9. The first-order valence-electron chi connectivity index (χ1n) is 15.9. The van der Waals surface area contributed by atoms with Crippen LogP contribution in [-0.4, -0.2) is 73.7 Å². The first-order chi connectivity index (χ1) is 21.9. The molecule has 2 N–H and O–H groups in total. The molecule has 1 aromatic carbocycles. The Morgan fingerprint density at radius 1 is 0.933 bits per heavy atom. The van der Waals surface area contributed by atoms with Gasteiger partial charge in [-0.1, -0.05) is 6.42 Å². The van der Waals surface area contributed by atoms with Crippen molar-refractivity contribution in [3.05, 3.63) is 94.8 Å². The second-order valence-corrected chi connectivity index (χ2v) is 12.6. The highest BCUT2D eigenvalue weighted by Gasteiger charge is 2.26. The Labute approximate surface area is 263 Å². The molecule has 0 spiro atoms. The van der Waals surface area contributed by atoms with Crippen LogP contribution in [0.15, 0.2) is 78.1 Å². The summed E-state index contributed by atoms with van der Waals surface area (Å²) >= 11 is 0. The van der Waals surface area contributed by atoms with Crippen molar-refractivity contribution < 1.29 is 0 Å². The molecule has 0 aliphatic carbocycles. The number of nitrogens with one attached hydrogen (secondary N) is 2. The zero-order chi connectivity index (χ0) is 30.9. The van der Waals surface area contributed by atoms with E-state index in [9.17, 15) is 4.79 Å². The Balaban J connectivity index is 1.24. The molecule has 0 amide bonds. The van der Waals surface area contributed by atoms with Crippen molar-refractivity contribution in [3.63, 3.8) is 0 Å². The molecule has 2 atom stereocenters. The third kappa shape index (κ3) is 6.08. The minimum atomic E-state index is 0.00316. The summed E-state index contributed by atoms with van der Waals surface area (Å²) in [4.78, 5) is 32.9. The number of pyridine rings is 2. The number of hydrogen-bond donors (Lipinski definition) is 2. The van der Waals surface area contributed by atoms with E-state index in [4.69, 9.17) is 4.98 Å². The van der Waals surface area contributed by atoms with Crippen LogP contribution in [-0.2, 0) is 13.6 Å². The molecule has 2 aliphatic heterocycles. The van der Waals surface area contributed by atoms with Gasteiger partial charge in [-0.15, -0.1) is 0 Å². The molecule has 232 valence electrons. The van der Waals surface area contributed by atoms with Gasteiger partial charge in [-0.05, 0) is 101 Å². The Hall–Kier alpha value is -4.54. The zero-order valence-electron chi connectivity index (χ0n) is 26.3. The quantitative estimate of drug-likeness (QED) is 0.248.